The smallest absolute Gasteiger partial charge is 0.272 e. The molecule has 4 rings (SSSR count). The molecule has 2 heterocycles. The molecule has 0 bridgehead atoms. The van der Waals surface area contributed by atoms with E-state index in [1.165, 1.54) is 5.69 Å². The van der Waals surface area contributed by atoms with Gasteiger partial charge in [0.15, 0.2) is 0 Å². The molecule has 7 heteroatoms. The van der Waals surface area contributed by atoms with Crippen molar-refractivity contribution >= 4 is 23.2 Å². The molecule has 0 spiro atoms. The lowest BCUT2D eigenvalue weighted by Gasteiger charge is -2.36. The zero-order valence-electron chi connectivity index (χ0n) is 16.3. The maximum atomic E-state index is 12.9. The van der Waals surface area contributed by atoms with Gasteiger partial charge in [0.05, 0.1) is 7.11 Å². The Morgan fingerprint density at radius 3 is 2.55 bits per heavy atom. The molecular weight excluding hydrogens is 366 g/mol. The molecule has 1 fully saturated rings. The lowest BCUT2D eigenvalue weighted by molar-refractivity contribution is 0.0741. The first kappa shape index (κ1) is 18.7. The third kappa shape index (κ3) is 4.45. The highest BCUT2D eigenvalue weighted by molar-refractivity contribution is 5.92. The van der Waals surface area contributed by atoms with Crippen molar-refractivity contribution in [3.63, 3.8) is 0 Å². The van der Waals surface area contributed by atoms with Crippen LogP contribution in [0.5, 0.6) is 5.75 Å². The summed E-state index contributed by atoms with van der Waals surface area (Å²) in [6.07, 6.45) is 1.60. The summed E-state index contributed by atoms with van der Waals surface area (Å²) in [7, 11) is 1.62. The van der Waals surface area contributed by atoms with Gasteiger partial charge in [-0.3, -0.25) is 4.79 Å². The number of methoxy groups -OCH3 is 1. The fraction of sp³-hybridized carbons (Fsp3) is 0.227. The van der Waals surface area contributed by atoms with Crippen LogP contribution in [0.1, 0.15) is 10.5 Å². The van der Waals surface area contributed by atoms with Crippen LogP contribution in [0.25, 0.3) is 0 Å². The summed E-state index contributed by atoms with van der Waals surface area (Å²) in [6, 6.07) is 19.4. The second-order valence-electron chi connectivity index (χ2n) is 6.74. The van der Waals surface area contributed by atoms with E-state index in [0.717, 1.165) is 24.5 Å². The lowest BCUT2D eigenvalue weighted by Crippen LogP contribution is -2.49. The Labute approximate surface area is 170 Å². The number of piperazine rings is 1. The molecule has 1 aliphatic rings. The van der Waals surface area contributed by atoms with Crippen molar-refractivity contribution in [2.24, 2.45) is 0 Å². The Hall–Kier alpha value is -3.61. The fourth-order valence-electron chi connectivity index (χ4n) is 3.34. The molecule has 29 heavy (non-hydrogen) atoms. The Bertz CT molecular complexity index is 972. The van der Waals surface area contributed by atoms with E-state index in [4.69, 9.17) is 4.74 Å². The van der Waals surface area contributed by atoms with E-state index in [2.05, 4.69) is 32.3 Å². The second-order valence-corrected chi connectivity index (χ2v) is 6.74. The molecule has 1 N–H and O–H groups in total. The number of nitrogens with zero attached hydrogens (tertiary/aromatic N) is 4. The maximum Gasteiger partial charge on any atom is 0.272 e. The van der Waals surface area contributed by atoms with Gasteiger partial charge in [-0.25, -0.2) is 9.97 Å². The summed E-state index contributed by atoms with van der Waals surface area (Å²) in [5.74, 6) is 1.04. The van der Waals surface area contributed by atoms with E-state index in [1.807, 2.05) is 47.4 Å². The minimum Gasteiger partial charge on any atom is -0.497 e. The Morgan fingerprint density at radius 1 is 1.00 bits per heavy atom. The molecule has 0 saturated carbocycles. The summed E-state index contributed by atoms with van der Waals surface area (Å²) in [6.45, 7) is 2.93. The van der Waals surface area contributed by atoms with Gasteiger partial charge in [0.2, 0.25) is 5.95 Å². The summed E-state index contributed by atoms with van der Waals surface area (Å²) in [4.78, 5) is 25.7. The average Bonchev–Trinajstić information content (AvgIpc) is 2.79. The van der Waals surface area contributed by atoms with Gasteiger partial charge in [-0.1, -0.05) is 24.3 Å². The number of aromatic nitrogens is 2. The Morgan fingerprint density at radius 2 is 1.79 bits per heavy atom. The molecule has 0 aliphatic carbocycles. The van der Waals surface area contributed by atoms with Gasteiger partial charge >= 0.3 is 0 Å². The first-order valence-corrected chi connectivity index (χ1v) is 9.56. The number of rotatable bonds is 5. The van der Waals surface area contributed by atoms with Gasteiger partial charge < -0.3 is 19.9 Å². The molecule has 148 valence electrons. The highest BCUT2D eigenvalue weighted by Gasteiger charge is 2.23. The molecule has 7 nitrogen and oxygen atoms in total. The van der Waals surface area contributed by atoms with E-state index in [1.54, 1.807) is 19.4 Å². The highest BCUT2D eigenvalue weighted by atomic mass is 16.5. The second kappa shape index (κ2) is 8.60. The molecule has 0 atom stereocenters. The van der Waals surface area contributed by atoms with Crippen LogP contribution in [-0.4, -0.2) is 54.1 Å². The van der Waals surface area contributed by atoms with Crippen molar-refractivity contribution in [1.82, 2.24) is 14.9 Å². The zero-order valence-corrected chi connectivity index (χ0v) is 16.3. The van der Waals surface area contributed by atoms with Crippen molar-refractivity contribution in [3.8, 4) is 5.75 Å². The van der Waals surface area contributed by atoms with Gasteiger partial charge in [0.1, 0.15) is 11.4 Å². The minimum absolute atomic E-state index is 0.0752. The van der Waals surface area contributed by atoms with Crippen molar-refractivity contribution in [1.29, 1.82) is 0 Å². The SMILES string of the molecule is COc1cccc(Nc2nccc(C(=O)N3CCN(c4ccccc4)CC3)n2)c1. The predicted molar refractivity (Wildman–Crippen MR) is 113 cm³/mol. The number of amides is 1. The molecule has 3 aromatic rings. The van der Waals surface area contributed by atoms with E-state index >= 15 is 0 Å². The third-order valence-electron chi connectivity index (χ3n) is 4.89. The molecule has 0 unspecified atom stereocenters. The van der Waals surface area contributed by atoms with Crippen LogP contribution in [0, 0.1) is 0 Å². The van der Waals surface area contributed by atoms with Crippen molar-refractivity contribution in [2.45, 2.75) is 0 Å². The quantitative estimate of drug-likeness (QED) is 0.723. The minimum atomic E-state index is -0.0752. The van der Waals surface area contributed by atoms with Gasteiger partial charge in [0.25, 0.3) is 5.91 Å². The molecule has 1 aromatic heterocycles. The number of benzene rings is 2. The summed E-state index contributed by atoms with van der Waals surface area (Å²) >= 11 is 0. The van der Waals surface area contributed by atoms with Crippen molar-refractivity contribution in [3.05, 3.63) is 72.6 Å². The first-order valence-electron chi connectivity index (χ1n) is 9.56. The largest absolute Gasteiger partial charge is 0.497 e. The standard InChI is InChI=1S/C22H23N5O2/c1-29-19-9-5-6-17(16-19)24-22-23-11-10-20(25-22)21(28)27-14-12-26(13-15-27)18-7-3-2-4-8-18/h2-11,16H,12-15H2,1H3,(H,23,24,25). The Balaban J connectivity index is 1.41. The highest BCUT2D eigenvalue weighted by Crippen LogP contribution is 2.20. The normalized spacial score (nSPS) is 13.8. The number of carbonyl (C=O) groups excluding carboxylic acids is 1. The number of carbonyl (C=O) groups is 1. The van der Waals surface area contributed by atoms with Gasteiger partial charge in [0, 0.05) is 49.8 Å². The number of ether oxygens (including phenoxy) is 1. The topological polar surface area (TPSA) is 70.6 Å². The summed E-state index contributed by atoms with van der Waals surface area (Å²) in [5.41, 5.74) is 2.37. The summed E-state index contributed by atoms with van der Waals surface area (Å²) in [5, 5.41) is 3.12. The van der Waals surface area contributed by atoms with Crippen LogP contribution in [0.15, 0.2) is 66.9 Å². The number of hydrogen-bond acceptors (Lipinski definition) is 6. The number of hydrogen-bond donors (Lipinski definition) is 1. The van der Waals surface area contributed by atoms with Gasteiger partial charge in [-0.05, 0) is 30.3 Å². The first-order chi connectivity index (χ1) is 14.2. The van der Waals surface area contributed by atoms with E-state index in [-0.39, 0.29) is 5.91 Å². The predicted octanol–water partition coefficient (Wildman–Crippen LogP) is 3.19. The number of para-hydroxylation sites is 1. The molecule has 0 radical (unpaired) electrons. The number of nitrogens with one attached hydrogen (secondary N) is 1. The Kier molecular flexibility index (Phi) is 5.56. The van der Waals surface area contributed by atoms with Crippen molar-refractivity contribution in [2.75, 3.05) is 43.5 Å². The molecule has 1 aliphatic heterocycles. The van der Waals surface area contributed by atoms with Crippen molar-refractivity contribution < 1.29 is 9.53 Å². The third-order valence-corrected chi connectivity index (χ3v) is 4.89. The zero-order chi connectivity index (χ0) is 20.1. The van der Waals surface area contributed by atoms with E-state index < -0.39 is 0 Å². The van der Waals surface area contributed by atoms with Crippen LogP contribution in [0.3, 0.4) is 0 Å². The van der Waals surface area contributed by atoms with Crippen LogP contribution < -0.4 is 15.0 Å². The van der Waals surface area contributed by atoms with Gasteiger partial charge in [-0.15, -0.1) is 0 Å². The lowest BCUT2D eigenvalue weighted by atomic mass is 10.2. The number of anilines is 3. The molecule has 1 saturated heterocycles. The summed E-state index contributed by atoms with van der Waals surface area (Å²) < 4.78 is 5.23. The molecule has 1 amide bonds. The van der Waals surface area contributed by atoms with E-state index in [9.17, 15) is 4.79 Å². The molecule has 2 aromatic carbocycles. The maximum absolute atomic E-state index is 12.9. The monoisotopic (exact) mass is 389 g/mol. The van der Waals surface area contributed by atoms with E-state index in [0.29, 0.717) is 24.7 Å². The molecular formula is C22H23N5O2. The van der Waals surface area contributed by atoms with Crippen LogP contribution in [0.4, 0.5) is 17.3 Å². The average molecular weight is 389 g/mol. The fourth-order valence-corrected chi connectivity index (χ4v) is 3.34. The van der Waals surface area contributed by atoms with Crippen LogP contribution >= 0.6 is 0 Å². The van der Waals surface area contributed by atoms with Gasteiger partial charge in [-0.2, -0.15) is 0 Å². The van der Waals surface area contributed by atoms with Crippen LogP contribution in [-0.2, 0) is 0 Å². The van der Waals surface area contributed by atoms with Crippen LogP contribution in [0.2, 0.25) is 0 Å².